The number of nitrogens with zero attached hydrogens (tertiary/aromatic N) is 1. The summed E-state index contributed by atoms with van der Waals surface area (Å²) in [6.45, 7) is 1.72. The molecule has 0 bridgehead atoms. The van der Waals surface area contributed by atoms with Crippen molar-refractivity contribution in [3.8, 4) is 0 Å². The third-order valence-corrected chi connectivity index (χ3v) is 7.30. The average molecular weight is 353 g/mol. The molecule has 1 saturated heterocycles. The van der Waals surface area contributed by atoms with Gasteiger partial charge < -0.3 is 0 Å². The van der Waals surface area contributed by atoms with E-state index in [9.17, 15) is 25.6 Å². The molecule has 9 heteroatoms. The van der Waals surface area contributed by atoms with Gasteiger partial charge in [-0.2, -0.15) is 4.31 Å². The van der Waals surface area contributed by atoms with Gasteiger partial charge in [0.15, 0.2) is 14.7 Å². The van der Waals surface area contributed by atoms with E-state index in [0.717, 1.165) is 22.5 Å². The van der Waals surface area contributed by atoms with Crippen LogP contribution in [0.15, 0.2) is 23.1 Å². The lowest BCUT2D eigenvalue weighted by molar-refractivity contribution is 0.336. The van der Waals surface area contributed by atoms with Gasteiger partial charge in [-0.05, 0) is 25.0 Å². The van der Waals surface area contributed by atoms with Crippen LogP contribution in [-0.2, 0) is 19.9 Å². The van der Waals surface area contributed by atoms with E-state index in [0.29, 0.717) is 6.42 Å². The summed E-state index contributed by atoms with van der Waals surface area (Å²) in [4.78, 5) is -1.02. The van der Waals surface area contributed by atoms with E-state index in [1.54, 1.807) is 6.92 Å². The highest BCUT2D eigenvalue weighted by Crippen LogP contribution is 2.28. The van der Waals surface area contributed by atoms with Crippen molar-refractivity contribution in [2.24, 2.45) is 0 Å². The number of halogens is 2. The van der Waals surface area contributed by atoms with Gasteiger partial charge in [0, 0.05) is 12.6 Å². The first-order valence-corrected chi connectivity index (χ1v) is 10.1. The minimum Gasteiger partial charge on any atom is -0.229 e. The van der Waals surface area contributed by atoms with E-state index in [-0.39, 0.29) is 24.5 Å². The van der Waals surface area contributed by atoms with Crippen molar-refractivity contribution in [1.82, 2.24) is 4.31 Å². The highest BCUT2D eigenvalue weighted by Gasteiger charge is 2.40. The largest absolute Gasteiger partial charge is 0.249 e. The van der Waals surface area contributed by atoms with Crippen LogP contribution >= 0.6 is 0 Å². The molecule has 1 heterocycles. The van der Waals surface area contributed by atoms with Gasteiger partial charge >= 0.3 is 0 Å². The summed E-state index contributed by atoms with van der Waals surface area (Å²) in [6, 6.07) is 2.03. The Morgan fingerprint density at radius 3 is 2.32 bits per heavy atom. The van der Waals surface area contributed by atoms with Gasteiger partial charge in [0.1, 0.15) is 11.6 Å². The first-order valence-electron chi connectivity index (χ1n) is 6.85. The smallest absolute Gasteiger partial charge is 0.229 e. The molecule has 124 valence electrons. The van der Waals surface area contributed by atoms with Crippen LogP contribution in [0.1, 0.15) is 19.8 Å². The molecule has 0 saturated carbocycles. The van der Waals surface area contributed by atoms with Gasteiger partial charge in [0.25, 0.3) is 0 Å². The highest BCUT2D eigenvalue weighted by molar-refractivity contribution is 7.92. The second-order valence-corrected chi connectivity index (χ2v) is 9.28. The Balaban J connectivity index is 2.48. The predicted molar refractivity (Wildman–Crippen MR) is 77.6 cm³/mol. The quantitative estimate of drug-likeness (QED) is 0.805. The zero-order valence-electron chi connectivity index (χ0n) is 12.0. The van der Waals surface area contributed by atoms with Gasteiger partial charge in [-0.1, -0.05) is 13.0 Å². The number of rotatable bonds is 5. The fourth-order valence-electron chi connectivity index (χ4n) is 2.57. The van der Waals surface area contributed by atoms with E-state index >= 15 is 0 Å². The van der Waals surface area contributed by atoms with Crippen LogP contribution in [0.4, 0.5) is 8.78 Å². The molecule has 5 nitrogen and oxygen atoms in total. The zero-order valence-corrected chi connectivity index (χ0v) is 13.6. The molecule has 1 aromatic carbocycles. The van der Waals surface area contributed by atoms with Crippen molar-refractivity contribution >= 4 is 19.9 Å². The second-order valence-electron chi connectivity index (χ2n) is 5.22. The van der Waals surface area contributed by atoms with E-state index in [1.165, 1.54) is 0 Å². The van der Waals surface area contributed by atoms with Crippen LogP contribution in [-0.4, -0.2) is 45.2 Å². The molecule has 1 unspecified atom stereocenters. The molecule has 0 aromatic heterocycles. The molecule has 0 amide bonds. The Labute approximate surface area is 128 Å². The number of hydrogen-bond acceptors (Lipinski definition) is 4. The average Bonchev–Trinajstić information content (AvgIpc) is 2.75. The van der Waals surface area contributed by atoms with Gasteiger partial charge in [-0.25, -0.2) is 25.6 Å². The van der Waals surface area contributed by atoms with Crippen molar-refractivity contribution in [3.63, 3.8) is 0 Å². The molecule has 0 aliphatic carbocycles. The Morgan fingerprint density at radius 1 is 1.27 bits per heavy atom. The lowest BCUT2D eigenvalue weighted by atomic mass is 10.2. The van der Waals surface area contributed by atoms with Crippen LogP contribution in [0.25, 0.3) is 0 Å². The maximum atomic E-state index is 13.8. The standard InChI is InChI=1S/C13H17F2NO4S2/c1-2-7-16(10-6-8-21(17,18)9-10)22(19,20)13-11(14)4-3-5-12(13)15/h3-5,10H,2,6-9H2,1H3. The summed E-state index contributed by atoms with van der Waals surface area (Å²) in [5.74, 6) is -2.79. The van der Waals surface area contributed by atoms with Gasteiger partial charge in [-0.15, -0.1) is 0 Å². The van der Waals surface area contributed by atoms with Gasteiger partial charge in [0.2, 0.25) is 10.0 Å². The third-order valence-electron chi connectivity index (χ3n) is 3.55. The summed E-state index contributed by atoms with van der Waals surface area (Å²) in [5, 5.41) is 0. The van der Waals surface area contributed by atoms with E-state index in [4.69, 9.17) is 0 Å². The van der Waals surface area contributed by atoms with E-state index in [2.05, 4.69) is 0 Å². The Morgan fingerprint density at radius 2 is 1.86 bits per heavy atom. The lowest BCUT2D eigenvalue weighted by Crippen LogP contribution is -2.42. The third kappa shape index (κ3) is 3.31. The summed E-state index contributed by atoms with van der Waals surface area (Å²) in [6.07, 6.45) is 0.545. The minimum atomic E-state index is -4.44. The maximum absolute atomic E-state index is 13.8. The van der Waals surface area contributed by atoms with Crippen LogP contribution in [0.3, 0.4) is 0 Å². The zero-order chi connectivity index (χ0) is 16.5. The van der Waals surface area contributed by atoms with Crippen molar-refractivity contribution in [2.75, 3.05) is 18.1 Å². The normalized spacial score (nSPS) is 21.4. The topological polar surface area (TPSA) is 71.5 Å². The molecular weight excluding hydrogens is 336 g/mol. The summed E-state index contributed by atoms with van der Waals surface area (Å²) in [5.41, 5.74) is 0. The Kier molecular flexibility index (Phi) is 4.88. The molecule has 1 aliphatic heterocycles. The van der Waals surface area contributed by atoms with Crippen molar-refractivity contribution in [1.29, 1.82) is 0 Å². The Hall–Kier alpha value is -1.06. The first-order chi connectivity index (χ1) is 10.2. The van der Waals surface area contributed by atoms with Crippen LogP contribution < -0.4 is 0 Å². The van der Waals surface area contributed by atoms with Gasteiger partial charge in [-0.3, -0.25) is 0 Å². The number of benzene rings is 1. The fourth-order valence-corrected chi connectivity index (χ4v) is 6.25. The predicted octanol–water partition coefficient (Wildman–Crippen LogP) is 1.55. The first kappa shape index (κ1) is 17.3. The molecule has 0 radical (unpaired) electrons. The van der Waals surface area contributed by atoms with Crippen LogP contribution in [0.5, 0.6) is 0 Å². The monoisotopic (exact) mass is 353 g/mol. The van der Waals surface area contributed by atoms with Crippen molar-refractivity contribution in [2.45, 2.75) is 30.7 Å². The fraction of sp³-hybridized carbons (Fsp3) is 0.538. The highest BCUT2D eigenvalue weighted by atomic mass is 32.2. The molecular formula is C13H17F2NO4S2. The molecule has 0 N–H and O–H groups in total. The summed E-state index contributed by atoms with van der Waals surface area (Å²) < 4.78 is 76.9. The molecule has 1 fully saturated rings. The second kappa shape index (κ2) is 6.21. The van der Waals surface area contributed by atoms with Crippen LogP contribution in [0, 0.1) is 11.6 Å². The molecule has 1 aliphatic rings. The SMILES string of the molecule is CCCN(C1CCS(=O)(=O)C1)S(=O)(=O)c1c(F)cccc1F. The molecule has 1 atom stereocenters. The lowest BCUT2D eigenvalue weighted by Gasteiger charge is -2.27. The maximum Gasteiger partial charge on any atom is 0.249 e. The number of hydrogen-bond donors (Lipinski definition) is 0. The van der Waals surface area contributed by atoms with E-state index < -0.39 is 42.4 Å². The van der Waals surface area contributed by atoms with Crippen molar-refractivity contribution in [3.05, 3.63) is 29.8 Å². The summed E-state index contributed by atoms with van der Waals surface area (Å²) in [7, 11) is -7.75. The molecule has 1 aromatic rings. The molecule has 22 heavy (non-hydrogen) atoms. The van der Waals surface area contributed by atoms with E-state index in [1.807, 2.05) is 0 Å². The summed E-state index contributed by atoms with van der Waals surface area (Å²) >= 11 is 0. The molecule has 2 rings (SSSR count). The van der Waals surface area contributed by atoms with Gasteiger partial charge in [0.05, 0.1) is 11.5 Å². The molecule has 0 spiro atoms. The Bertz CT molecular complexity index is 742. The minimum absolute atomic E-state index is 0.0102. The van der Waals surface area contributed by atoms with Crippen LogP contribution in [0.2, 0.25) is 0 Å². The van der Waals surface area contributed by atoms with Crippen molar-refractivity contribution < 1.29 is 25.6 Å². The number of sulfonamides is 1. The number of sulfone groups is 1.